The van der Waals surface area contributed by atoms with Crippen LogP contribution >= 0.6 is 0 Å². The largest absolute Gasteiger partial charge is 0.355 e. The Morgan fingerprint density at radius 3 is 1.84 bits per heavy atom. The van der Waals surface area contributed by atoms with E-state index in [9.17, 15) is 0 Å². The zero-order chi connectivity index (χ0) is 25.1. The lowest BCUT2D eigenvalue weighted by Gasteiger charge is -2.08. The number of aromatic nitrogens is 3. The maximum absolute atomic E-state index is 4.30. The fourth-order valence-corrected chi connectivity index (χ4v) is 5.80. The Balaban J connectivity index is 1.32. The maximum atomic E-state index is 4.30. The third-order valence-electron chi connectivity index (χ3n) is 7.61. The second kappa shape index (κ2) is 8.19. The number of rotatable bonds is 3. The van der Waals surface area contributed by atoms with Crippen LogP contribution in [0.5, 0.6) is 0 Å². The molecule has 0 saturated heterocycles. The number of para-hydroxylation sites is 2. The second-order valence-electron chi connectivity index (χ2n) is 9.81. The smallest absolute Gasteiger partial charge is 0.0541 e. The van der Waals surface area contributed by atoms with Gasteiger partial charge in [0, 0.05) is 56.2 Å². The standard InChI is InChI=1S/C35H23N3/c1-2-8-27(9-3-1)38-34-11-5-4-10-28(34)31-21-24(14-17-35(31)38)23-12-15-32-29(19-23)30-20-25(13-16-33(30)37-32)26-7-6-18-36-22-26/h1-22,37H. The fourth-order valence-electron chi connectivity index (χ4n) is 5.80. The molecule has 0 fully saturated rings. The molecule has 0 aliphatic heterocycles. The Kier molecular flexibility index (Phi) is 4.52. The predicted octanol–water partition coefficient (Wildman–Crippen LogP) is 9.15. The van der Waals surface area contributed by atoms with Crippen molar-refractivity contribution in [2.24, 2.45) is 0 Å². The molecule has 3 nitrogen and oxygen atoms in total. The molecule has 0 unspecified atom stereocenters. The monoisotopic (exact) mass is 485 g/mol. The van der Waals surface area contributed by atoms with Gasteiger partial charge in [0.2, 0.25) is 0 Å². The molecule has 8 rings (SSSR count). The van der Waals surface area contributed by atoms with E-state index in [1.807, 2.05) is 18.5 Å². The molecule has 0 atom stereocenters. The molecule has 5 aromatic carbocycles. The van der Waals surface area contributed by atoms with Crippen molar-refractivity contribution in [1.82, 2.24) is 14.5 Å². The Labute approximate surface area is 219 Å². The number of pyridine rings is 1. The van der Waals surface area contributed by atoms with E-state index in [0.717, 1.165) is 16.6 Å². The molecule has 3 heteroatoms. The van der Waals surface area contributed by atoms with E-state index in [2.05, 4.69) is 130 Å². The number of aromatic amines is 1. The van der Waals surface area contributed by atoms with Crippen LogP contribution in [-0.2, 0) is 0 Å². The third kappa shape index (κ3) is 3.19. The van der Waals surface area contributed by atoms with Crippen LogP contribution in [0.15, 0.2) is 134 Å². The van der Waals surface area contributed by atoms with Crippen LogP contribution < -0.4 is 0 Å². The molecule has 0 aliphatic carbocycles. The molecule has 0 amide bonds. The molecule has 178 valence electrons. The molecule has 1 N–H and O–H groups in total. The minimum absolute atomic E-state index is 1.13. The molecule has 0 bridgehead atoms. The van der Waals surface area contributed by atoms with E-state index >= 15 is 0 Å². The molecule has 0 spiro atoms. The van der Waals surface area contributed by atoms with Crippen molar-refractivity contribution in [3.8, 4) is 27.9 Å². The topological polar surface area (TPSA) is 33.6 Å². The van der Waals surface area contributed by atoms with Gasteiger partial charge in [0.25, 0.3) is 0 Å². The zero-order valence-corrected chi connectivity index (χ0v) is 20.6. The van der Waals surface area contributed by atoms with Crippen LogP contribution in [0.3, 0.4) is 0 Å². The van der Waals surface area contributed by atoms with Crippen molar-refractivity contribution < 1.29 is 0 Å². The molecule has 8 aromatic rings. The van der Waals surface area contributed by atoms with Crippen molar-refractivity contribution in [3.05, 3.63) is 134 Å². The molecular formula is C35H23N3. The average molecular weight is 486 g/mol. The first-order valence-corrected chi connectivity index (χ1v) is 12.9. The fraction of sp³-hybridized carbons (Fsp3) is 0. The highest BCUT2D eigenvalue weighted by molar-refractivity contribution is 6.12. The summed E-state index contributed by atoms with van der Waals surface area (Å²) in [6.07, 6.45) is 3.73. The first kappa shape index (κ1) is 21.0. The van der Waals surface area contributed by atoms with Crippen molar-refractivity contribution >= 4 is 43.6 Å². The van der Waals surface area contributed by atoms with E-state index in [-0.39, 0.29) is 0 Å². The molecule has 0 saturated carbocycles. The van der Waals surface area contributed by atoms with Gasteiger partial charge >= 0.3 is 0 Å². The maximum Gasteiger partial charge on any atom is 0.0541 e. The first-order valence-electron chi connectivity index (χ1n) is 12.9. The third-order valence-corrected chi connectivity index (χ3v) is 7.61. The van der Waals surface area contributed by atoms with Crippen LogP contribution in [0.1, 0.15) is 0 Å². The summed E-state index contributed by atoms with van der Waals surface area (Å²) in [6, 6.07) is 43.6. The van der Waals surface area contributed by atoms with Crippen molar-refractivity contribution in [3.63, 3.8) is 0 Å². The summed E-state index contributed by atoms with van der Waals surface area (Å²) in [6.45, 7) is 0. The lowest BCUT2D eigenvalue weighted by molar-refractivity contribution is 1.18. The van der Waals surface area contributed by atoms with Gasteiger partial charge in [-0.1, -0.05) is 60.7 Å². The SMILES string of the molecule is c1ccc(-n2c3ccccc3c3cc(-c4ccc5[nH]c6ccc(-c7cccnc7)cc6c5c4)ccc32)cc1. The van der Waals surface area contributed by atoms with Gasteiger partial charge in [-0.25, -0.2) is 0 Å². The lowest BCUT2D eigenvalue weighted by atomic mass is 9.99. The van der Waals surface area contributed by atoms with Gasteiger partial charge in [0.15, 0.2) is 0 Å². The molecular weight excluding hydrogens is 462 g/mol. The van der Waals surface area contributed by atoms with E-state index in [0.29, 0.717) is 0 Å². The summed E-state index contributed by atoms with van der Waals surface area (Å²) >= 11 is 0. The summed E-state index contributed by atoms with van der Waals surface area (Å²) in [5.74, 6) is 0. The van der Waals surface area contributed by atoms with E-state index < -0.39 is 0 Å². The molecule has 0 radical (unpaired) electrons. The Hall–Kier alpha value is -5.15. The van der Waals surface area contributed by atoms with Gasteiger partial charge in [-0.15, -0.1) is 0 Å². The first-order chi connectivity index (χ1) is 18.8. The van der Waals surface area contributed by atoms with Gasteiger partial charge in [0.05, 0.1) is 11.0 Å². The minimum atomic E-state index is 1.13. The van der Waals surface area contributed by atoms with Gasteiger partial charge < -0.3 is 9.55 Å². The normalized spacial score (nSPS) is 11.7. The Bertz CT molecular complexity index is 2120. The van der Waals surface area contributed by atoms with E-state index in [1.54, 1.807) is 0 Å². The summed E-state index contributed by atoms with van der Waals surface area (Å²) in [5, 5.41) is 4.99. The van der Waals surface area contributed by atoms with Gasteiger partial charge in [-0.05, 0) is 77.4 Å². The summed E-state index contributed by atoms with van der Waals surface area (Å²) in [7, 11) is 0. The molecule has 3 heterocycles. The van der Waals surface area contributed by atoms with Gasteiger partial charge in [0.1, 0.15) is 0 Å². The number of fused-ring (bicyclic) bond motifs is 6. The molecule has 3 aromatic heterocycles. The van der Waals surface area contributed by atoms with E-state index in [4.69, 9.17) is 0 Å². The summed E-state index contributed by atoms with van der Waals surface area (Å²) in [5.41, 5.74) is 10.6. The second-order valence-corrected chi connectivity index (χ2v) is 9.81. The number of nitrogens with one attached hydrogen (secondary N) is 1. The quantitative estimate of drug-likeness (QED) is 0.266. The number of H-pyrrole nitrogens is 1. The van der Waals surface area contributed by atoms with Crippen LogP contribution in [0.25, 0.3) is 71.6 Å². The zero-order valence-electron chi connectivity index (χ0n) is 20.6. The number of hydrogen-bond acceptors (Lipinski definition) is 1. The Morgan fingerprint density at radius 2 is 1.11 bits per heavy atom. The lowest BCUT2D eigenvalue weighted by Crippen LogP contribution is -1.92. The van der Waals surface area contributed by atoms with Crippen molar-refractivity contribution in [1.29, 1.82) is 0 Å². The van der Waals surface area contributed by atoms with Gasteiger partial charge in [-0.3, -0.25) is 4.98 Å². The van der Waals surface area contributed by atoms with Crippen molar-refractivity contribution in [2.45, 2.75) is 0 Å². The minimum Gasteiger partial charge on any atom is -0.355 e. The molecule has 0 aliphatic rings. The highest BCUT2D eigenvalue weighted by Gasteiger charge is 2.14. The van der Waals surface area contributed by atoms with Crippen LogP contribution in [0, 0.1) is 0 Å². The van der Waals surface area contributed by atoms with E-state index in [1.165, 1.54) is 55.0 Å². The molecule has 38 heavy (non-hydrogen) atoms. The van der Waals surface area contributed by atoms with Crippen LogP contribution in [0.4, 0.5) is 0 Å². The number of hydrogen-bond donors (Lipinski definition) is 1. The number of nitrogens with zero attached hydrogens (tertiary/aromatic N) is 2. The number of benzene rings is 5. The van der Waals surface area contributed by atoms with Crippen LogP contribution in [0.2, 0.25) is 0 Å². The van der Waals surface area contributed by atoms with Crippen LogP contribution in [-0.4, -0.2) is 14.5 Å². The summed E-state index contributed by atoms with van der Waals surface area (Å²) in [4.78, 5) is 7.89. The van der Waals surface area contributed by atoms with Crippen molar-refractivity contribution in [2.75, 3.05) is 0 Å². The van der Waals surface area contributed by atoms with Gasteiger partial charge in [-0.2, -0.15) is 0 Å². The summed E-state index contributed by atoms with van der Waals surface area (Å²) < 4.78 is 2.36. The predicted molar refractivity (Wildman–Crippen MR) is 159 cm³/mol. The average Bonchev–Trinajstić information content (AvgIpc) is 3.52. The highest BCUT2D eigenvalue weighted by atomic mass is 15.0. The Morgan fingerprint density at radius 1 is 0.474 bits per heavy atom. The highest BCUT2D eigenvalue weighted by Crippen LogP contribution is 2.37.